The lowest BCUT2D eigenvalue weighted by Gasteiger charge is -2.34. The van der Waals surface area contributed by atoms with Crippen molar-refractivity contribution in [3.8, 4) is 0 Å². The smallest absolute Gasteiger partial charge is 0.321 e. The highest BCUT2D eigenvalue weighted by Gasteiger charge is 2.22. The molecule has 1 fully saturated rings. The van der Waals surface area contributed by atoms with Gasteiger partial charge in [-0.3, -0.25) is 37.9 Å². The summed E-state index contributed by atoms with van der Waals surface area (Å²) in [5.41, 5.74) is 3.46. The molecule has 0 unspecified atom stereocenters. The van der Waals surface area contributed by atoms with Crippen molar-refractivity contribution in [1.82, 2.24) is 19.6 Å². The van der Waals surface area contributed by atoms with Crippen molar-refractivity contribution < 1.29 is 57.4 Å². The van der Waals surface area contributed by atoms with Gasteiger partial charge in [0.05, 0.1) is 21.2 Å². The van der Waals surface area contributed by atoms with Crippen LogP contribution >= 0.6 is 30.4 Å². The Morgan fingerprint density at radius 1 is 0.304 bits per heavy atom. The van der Waals surface area contributed by atoms with Gasteiger partial charge < -0.3 is 39.1 Å². The van der Waals surface area contributed by atoms with Crippen LogP contribution in [-0.2, 0) is 44.4 Å². The Bertz CT molecular complexity index is 1770. The summed E-state index contributed by atoms with van der Waals surface area (Å²) in [4.78, 5) is 85.9. The fraction of sp³-hybridized carbons (Fsp3) is 0.333. The van der Waals surface area contributed by atoms with E-state index in [-0.39, 0.29) is 21.2 Å². The fourth-order valence-corrected chi connectivity index (χ4v) is 8.58. The average molecular weight is 853 g/mol. The predicted octanol–water partition coefficient (Wildman–Crippen LogP) is 1.22. The Kier molecular flexibility index (Phi) is 15.0. The number of hydrogen-bond donors (Lipinski definition) is 8. The minimum atomic E-state index is -4.41. The van der Waals surface area contributed by atoms with Crippen LogP contribution in [0, 0.1) is 0 Å². The zero-order chi connectivity index (χ0) is 40.7. The molecule has 1 heterocycles. The highest BCUT2D eigenvalue weighted by atomic mass is 31.2. The summed E-state index contributed by atoms with van der Waals surface area (Å²) in [6.07, 6.45) is 0. The molecule has 1 saturated heterocycles. The van der Waals surface area contributed by atoms with Crippen molar-refractivity contribution in [3.05, 3.63) is 119 Å². The third-order valence-corrected chi connectivity index (χ3v) is 13.5. The minimum absolute atomic E-state index is 0.0656. The lowest BCUT2D eigenvalue weighted by molar-refractivity contribution is 0.122. The van der Waals surface area contributed by atoms with Gasteiger partial charge in [0, 0.05) is 78.5 Å². The molecule has 1 aliphatic rings. The van der Waals surface area contributed by atoms with Crippen molar-refractivity contribution in [2.45, 2.75) is 26.2 Å². The molecule has 0 amide bonds. The van der Waals surface area contributed by atoms with Gasteiger partial charge in [-0.15, -0.1) is 0 Å². The van der Waals surface area contributed by atoms with Gasteiger partial charge in [0.1, 0.15) is 0 Å². The second kappa shape index (κ2) is 18.9. The Morgan fingerprint density at radius 3 is 0.571 bits per heavy atom. The third kappa shape index (κ3) is 13.7. The van der Waals surface area contributed by atoms with Crippen LogP contribution in [-0.4, -0.2) is 111 Å². The molecule has 0 saturated carbocycles. The van der Waals surface area contributed by atoms with E-state index in [1.54, 1.807) is 48.5 Å². The molecule has 1 aliphatic heterocycles. The van der Waals surface area contributed by atoms with Crippen molar-refractivity contribution in [2.75, 3.05) is 52.4 Å². The molecule has 0 spiro atoms. The average Bonchev–Trinajstić information content (AvgIpc) is 3.12. The van der Waals surface area contributed by atoms with Gasteiger partial charge in [0.15, 0.2) is 0 Å². The van der Waals surface area contributed by atoms with Gasteiger partial charge in [-0.05, 0) is 70.8 Å². The summed E-state index contributed by atoms with van der Waals surface area (Å²) in [6.45, 7) is 6.83. The number of benzene rings is 4. The van der Waals surface area contributed by atoms with Crippen LogP contribution in [0.15, 0.2) is 97.1 Å². The Labute approximate surface area is 325 Å². The van der Waals surface area contributed by atoms with E-state index in [2.05, 4.69) is 19.6 Å². The molecule has 0 bridgehead atoms. The first-order valence-electron chi connectivity index (χ1n) is 17.7. The Morgan fingerprint density at radius 2 is 0.446 bits per heavy atom. The molecule has 0 aromatic heterocycles. The van der Waals surface area contributed by atoms with Crippen LogP contribution in [0.25, 0.3) is 0 Å². The minimum Gasteiger partial charge on any atom is -0.321 e. The van der Waals surface area contributed by atoms with E-state index in [1.165, 1.54) is 48.5 Å². The number of rotatable bonds is 12. The van der Waals surface area contributed by atoms with Gasteiger partial charge in [0.25, 0.3) is 0 Å². The van der Waals surface area contributed by atoms with Crippen molar-refractivity contribution >= 4 is 51.6 Å². The summed E-state index contributed by atoms with van der Waals surface area (Å²) in [5.74, 6) is 0. The highest BCUT2D eigenvalue weighted by molar-refractivity contribution is 7.61. The van der Waals surface area contributed by atoms with E-state index < -0.39 is 30.4 Å². The maximum absolute atomic E-state index is 11.8. The molecular formula is C36H48N4O12P4. The Balaban J connectivity index is 1.41. The molecule has 56 heavy (non-hydrogen) atoms. The van der Waals surface area contributed by atoms with Crippen LogP contribution in [0.4, 0.5) is 0 Å². The summed E-state index contributed by atoms with van der Waals surface area (Å²) in [5, 5.41) is -0.263. The lowest BCUT2D eigenvalue weighted by Crippen LogP contribution is -2.45. The zero-order valence-electron chi connectivity index (χ0n) is 30.5. The second-order valence-corrected chi connectivity index (χ2v) is 20.4. The van der Waals surface area contributed by atoms with Crippen LogP contribution in [0.5, 0.6) is 0 Å². The number of nitrogens with zero attached hydrogens (tertiary/aromatic N) is 4. The second-order valence-electron chi connectivity index (χ2n) is 13.9. The maximum atomic E-state index is 11.8. The van der Waals surface area contributed by atoms with E-state index >= 15 is 0 Å². The lowest BCUT2D eigenvalue weighted by atomic mass is 10.1. The summed E-state index contributed by atoms with van der Waals surface area (Å²) < 4.78 is 47.2. The summed E-state index contributed by atoms with van der Waals surface area (Å²) in [7, 11) is -17.6. The van der Waals surface area contributed by atoms with Gasteiger partial charge in [-0.1, -0.05) is 48.5 Å². The first-order valence-corrected chi connectivity index (χ1v) is 24.2. The van der Waals surface area contributed by atoms with E-state index in [1.807, 2.05) is 0 Å². The fourth-order valence-electron chi connectivity index (χ4n) is 6.43. The van der Waals surface area contributed by atoms with Gasteiger partial charge in [-0.25, -0.2) is 0 Å². The molecule has 304 valence electrons. The van der Waals surface area contributed by atoms with Gasteiger partial charge in [-0.2, -0.15) is 0 Å². The molecule has 4 aromatic rings. The van der Waals surface area contributed by atoms with E-state index in [9.17, 15) is 57.4 Å². The zero-order valence-corrected chi connectivity index (χ0v) is 34.1. The molecule has 8 N–H and O–H groups in total. The standard InChI is InChI=1S/C36H48N4O12P4/c41-53(42,43)33-9-1-29(2-10-33)25-37-17-19-38(26-30-3-11-34(12-4-30)54(44,45)46)21-23-40(28-32-7-15-36(16-8-32)56(50,51)52)24-22-39(20-18-37)27-31-5-13-35(14-6-31)55(47,48)49/h1-16H,17-28H2,(H2,41,42,43)(H2,44,45,46)(H2,47,48,49)(H2,50,51,52). The van der Waals surface area contributed by atoms with Gasteiger partial charge >= 0.3 is 30.4 Å². The largest absolute Gasteiger partial charge is 0.356 e. The molecule has 0 radical (unpaired) electrons. The van der Waals surface area contributed by atoms with E-state index in [0.29, 0.717) is 78.5 Å². The van der Waals surface area contributed by atoms with Crippen LogP contribution < -0.4 is 21.2 Å². The topological polar surface area (TPSA) is 243 Å². The van der Waals surface area contributed by atoms with E-state index in [4.69, 9.17) is 0 Å². The molecule has 5 rings (SSSR count). The molecule has 20 heteroatoms. The summed E-state index contributed by atoms with van der Waals surface area (Å²) >= 11 is 0. The third-order valence-electron chi connectivity index (χ3n) is 9.65. The predicted molar refractivity (Wildman–Crippen MR) is 214 cm³/mol. The Hall–Kier alpha value is -2.68. The van der Waals surface area contributed by atoms with Crippen LogP contribution in [0.3, 0.4) is 0 Å². The molecular weight excluding hydrogens is 804 g/mol. The molecule has 16 nitrogen and oxygen atoms in total. The highest BCUT2D eigenvalue weighted by Crippen LogP contribution is 2.35. The van der Waals surface area contributed by atoms with Crippen molar-refractivity contribution in [2.24, 2.45) is 0 Å². The maximum Gasteiger partial charge on any atom is 0.356 e. The SMILES string of the molecule is O=P(O)(O)c1ccc(CN2CCN(Cc3ccc(P(=O)(O)O)cc3)CCN(Cc3ccc(P(=O)(O)O)cc3)CCN(Cc3ccc(P(=O)(O)O)cc3)CC2)cc1. The van der Waals surface area contributed by atoms with Gasteiger partial charge in [0.2, 0.25) is 0 Å². The van der Waals surface area contributed by atoms with Crippen LogP contribution in [0.2, 0.25) is 0 Å². The molecule has 4 aromatic carbocycles. The molecule has 0 aliphatic carbocycles. The van der Waals surface area contributed by atoms with Crippen molar-refractivity contribution in [3.63, 3.8) is 0 Å². The monoisotopic (exact) mass is 852 g/mol. The first-order chi connectivity index (χ1) is 26.2. The van der Waals surface area contributed by atoms with Crippen molar-refractivity contribution in [1.29, 1.82) is 0 Å². The van der Waals surface area contributed by atoms with Crippen LogP contribution in [0.1, 0.15) is 22.3 Å². The molecule has 0 atom stereocenters. The first kappa shape index (κ1) is 44.4. The van der Waals surface area contributed by atoms with E-state index in [0.717, 1.165) is 22.3 Å². The number of hydrogen-bond acceptors (Lipinski definition) is 8. The summed E-state index contributed by atoms with van der Waals surface area (Å²) in [6, 6.07) is 25.1. The normalized spacial score (nSPS) is 17.0. The quantitative estimate of drug-likeness (QED) is 0.0935.